The average Bonchev–Trinajstić information content (AvgIpc) is 2.18. The van der Waals surface area contributed by atoms with Gasteiger partial charge in [-0.2, -0.15) is 5.26 Å². The number of hydrogen-bond donors (Lipinski definition) is 1. The summed E-state index contributed by atoms with van der Waals surface area (Å²) >= 11 is 5.93. The third kappa shape index (κ3) is 3.45. The Morgan fingerprint density at radius 1 is 1.53 bits per heavy atom. The number of nitrogens with one attached hydrogen (secondary N) is 1. The van der Waals surface area contributed by atoms with Gasteiger partial charge in [0.2, 0.25) is 0 Å². The summed E-state index contributed by atoms with van der Waals surface area (Å²) in [4.78, 5) is 0. The molecule has 1 aromatic rings. The van der Waals surface area contributed by atoms with Crippen LogP contribution >= 0.6 is 11.6 Å². The van der Waals surface area contributed by atoms with Crippen LogP contribution in [0.2, 0.25) is 5.02 Å². The van der Waals surface area contributed by atoms with Crippen molar-refractivity contribution < 1.29 is 0 Å². The highest BCUT2D eigenvalue weighted by atomic mass is 35.5. The smallest absolute Gasteiger partial charge is 0.101 e. The van der Waals surface area contributed by atoms with E-state index in [1.807, 2.05) is 12.1 Å². The Bertz CT molecular complexity index is 368. The molecule has 80 valence electrons. The van der Waals surface area contributed by atoms with E-state index in [0.717, 1.165) is 18.5 Å². The normalized spacial score (nSPS) is 11.9. The molecule has 0 spiro atoms. The molecule has 3 heteroatoms. The van der Waals surface area contributed by atoms with Crippen molar-refractivity contribution in [1.82, 2.24) is 0 Å². The summed E-state index contributed by atoms with van der Waals surface area (Å²) < 4.78 is 0. The summed E-state index contributed by atoms with van der Waals surface area (Å²) in [5.74, 6) is 0. The fourth-order valence-electron chi connectivity index (χ4n) is 1.49. The lowest BCUT2D eigenvalue weighted by Gasteiger charge is -2.14. The lowest BCUT2D eigenvalue weighted by Crippen LogP contribution is -2.14. The Balaban J connectivity index is 2.72. The number of halogens is 1. The van der Waals surface area contributed by atoms with Gasteiger partial charge in [0.25, 0.3) is 0 Å². The molecule has 15 heavy (non-hydrogen) atoms. The topological polar surface area (TPSA) is 35.8 Å². The first-order chi connectivity index (χ1) is 7.17. The van der Waals surface area contributed by atoms with Gasteiger partial charge in [-0.3, -0.25) is 0 Å². The number of nitriles is 1. The monoisotopic (exact) mass is 222 g/mol. The summed E-state index contributed by atoms with van der Waals surface area (Å²) in [6.45, 7) is 4.29. The summed E-state index contributed by atoms with van der Waals surface area (Å²) in [7, 11) is 0. The van der Waals surface area contributed by atoms with Crippen LogP contribution in [0.5, 0.6) is 0 Å². The van der Waals surface area contributed by atoms with Gasteiger partial charge in [-0.25, -0.2) is 0 Å². The molecule has 0 bridgehead atoms. The van der Waals surface area contributed by atoms with Gasteiger partial charge < -0.3 is 5.32 Å². The maximum Gasteiger partial charge on any atom is 0.101 e. The van der Waals surface area contributed by atoms with Crippen molar-refractivity contribution in [3.05, 3.63) is 28.8 Å². The van der Waals surface area contributed by atoms with E-state index in [9.17, 15) is 0 Å². The predicted molar refractivity (Wildman–Crippen MR) is 64.2 cm³/mol. The molecule has 2 nitrogen and oxygen atoms in total. The van der Waals surface area contributed by atoms with Crippen LogP contribution in [0, 0.1) is 11.3 Å². The molecule has 1 N–H and O–H groups in total. The molecule has 0 saturated carbocycles. The number of nitrogens with zero attached hydrogens (tertiary/aromatic N) is 1. The lowest BCUT2D eigenvalue weighted by molar-refractivity contribution is 0.690. The zero-order chi connectivity index (χ0) is 11.3. The largest absolute Gasteiger partial charge is 0.383 e. The minimum atomic E-state index is 0.430. The highest BCUT2D eigenvalue weighted by Gasteiger charge is 2.03. The Labute approximate surface area is 95.9 Å². The maximum atomic E-state index is 8.72. The van der Waals surface area contributed by atoms with E-state index in [1.165, 1.54) is 0 Å². The third-order valence-electron chi connectivity index (χ3n) is 2.22. The van der Waals surface area contributed by atoms with Crippen LogP contribution in [-0.2, 0) is 0 Å². The molecule has 0 aliphatic carbocycles. The molecule has 1 unspecified atom stereocenters. The Hall–Kier alpha value is -1.20. The molecule has 0 radical (unpaired) electrons. The second-order valence-corrected chi connectivity index (χ2v) is 4.05. The van der Waals surface area contributed by atoms with Crippen LogP contribution in [-0.4, -0.2) is 6.04 Å². The average molecular weight is 223 g/mol. The highest BCUT2D eigenvalue weighted by Crippen LogP contribution is 2.21. The molecule has 0 aromatic heterocycles. The van der Waals surface area contributed by atoms with E-state index in [1.54, 1.807) is 12.1 Å². The van der Waals surface area contributed by atoms with Crippen molar-refractivity contribution >= 4 is 17.3 Å². The molecule has 0 heterocycles. The minimum Gasteiger partial charge on any atom is -0.383 e. The number of rotatable bonds is 4. The minimum absolute atomic E-state index is 0.430. The predicted octanol–water partition coefficient (Wildman–Crippen LogP) is 3.81. The maximum absolute atomic E-state index is 8.72. The van der Waals surface area contributed by atoms with Gasteiger partial charge in [0.1, 0.15) is 6.07 Å². The summed E-state index contributed by atoms with van der Waals surface area (Å²) in [6, 6.07) is 7.89. The van der Waals surface area contributed by atoms with Gasteiger partial charge in [0.05, 0.1) is 10.6 Å². The van der Waals surface area contributed by atoms with E-state index in [2.05, 4.69) is 19.2 Å². The van der Waals surface area contributed by atoms with Crippen LogP contribution < -0.4 is 5.32 Å². The molecular formula is C12H15ClN2. The molecular weight excluding hydrogens is 208 g/mol. The van der Waals surface area contributed by atoms with Crippen molar-refractivity contribution in [1.29, 1.82) is 5.26 Å². The zero-order valence-electron chi connectivity index (χ0n) is 9.05. The van der Waals surface area contributed by atoms with E-state index >= 15 is 0 Å². The standard InChI is InChI=1S/C12H15ClN2/c1-3-4-9(2)15-11-6-5-10(8-14)12(13)7-11/h5-7,9,15H,3-4H2,1-2H3. The Kier molecular flexibility index (Phi) is 4.45. The van der Waals surface area contributed by atoms with E-state index in [0.29, 0.717) is 16.6 Å². The SMILES string of the molecule is CCCC(C)Nc1ccc(C#N)c(Cl)c1. The summed E-state index contributed by atoms with van der Waals surface area (Å²) in [5, 5.41) is 12.6. The van der Waals surface area contributed by atoms with Gasteiger partial charge in [-0.1, -0.05) is 24.9 Å². The van der Waals surface area contributed by atoms with Crippen molar-refractivity contribution in [3.63, 3.8) is 0 Å². The van der Waals surface area contributed by atoms with E-state index in [4.69, 9.17) is 16.9 Å². The molecule has 0 amide bonds. The van der Waals surface area contributed by atoms with Crippen LogP contribution in [0.3, 0.4) is 0 Å². The van der Waals surface area contributed by atoms with Gasteiger partial charge in [0.15, 0.2) is 0 Å². The first-order valence-corrected chi connectivity index (χ1v) is 5.51. The third-order valence-corrected chi connectivity index (χ3v) is 2.54. The fourth-order valence-corrected chi connectivity index (χ4v) is 1.71. The van der Waals surface area contributed by atoms with Gasteiger partial charge in [0, 0.05) is 11.7 Å². The number of benzene rings is 1. The van der Waals surface area contributed by atoms with Crippen LogP contribution in [0.25, 0.3) is 0 Å². The Morgan fingerprint density at radius 2 is 2.27 bits per heavy atom. The van der Waals surface area contributed by atoms with Crippen LogP contribution in [0.15, 0.2) is 18.2 Å². The van der Waals surface area contributed by atoms with E-state index in [-0.39, 0.29) is 0 Å². The van der Waals surface area contributed by atoms with Crippen molar-refractivity contribution in [2.24, 2.45) is 0 Å². The van der Waals surface area contributed by atoms with Gasteiger partial charge in [-0.05, 0) is 31.5 Å². The summed E-state index contributed by atoms with van der Waals surface area (Å²) in [5.41, 5.74) is 1.49. The first-order valence-electron chi connectivity index (χ1n) is 5.13. The molecule has 0 fully saturated rings. The Morgan fingerprint density at radius 3 is 2.80 bits per heavy atom. The van der Waals surface area contributed by atoms with Crippen molar-refractivity contribution in [2.75, 3.05) is 5.32 Å². The van der Waals surface area contributed by atoms with Gasteiger partial charge in [-0.15, -0.1) is 0 Å². The summed E-state index contributed by atoms with van der Waals surface area (Å²) in [6.07, 6.45) is 2.27. The highest BCUT2D eigenvalue weighted by molar-refractivity contribution is 6.32. The molecule has 0 aliphatic heterocycles. The van der Waals surface area contributed by atoms with Crippen molar-refractivity contribution in [3.8, 4) is 6.07 Å². The quantitative estimate of drug-likeness (QED) is 0.841. The van der Waals surface area contributed by atoms with Crippen molar-refractivity contribution in [2.45, 2.75) is 32.7 Å². The molecule has 1 atom stereocenters. The fraction of sp³-hybridized carbons (Fsp3) is 0.417. The number of anilines is 1. The van der Waals surface area contributed by atoms with E-state index < -0.39 is 0 Å². The first kappa shape index (κ1) is 11.9. The molecule has 0 aliphatic rings. The molecule has 1 rings (SSSR count). The number of hydrogen-bond acceptors (Lipinski definition) is 2. The second-order valence-electron chi connectivity index (χ2n) is 3.64. The van der Waals surface area contributed by atoms with Crippen LogP contribution in [0.1, 0.15) is 32.3 Å². The molecule has 0 saturated heterocycles. The second kappa shape index (κ2) is 5.63. The lowest BCUT2D eigenvalue weighted by atomic mass is 10.1. The van der Waals surface area contributed by atoms with Crippen LogP contribution in [0.4, 0.5) is 5.69 Å². The van der Waals surface area contributed by atoms with Gasteiger partial charge >= 0.3 is 0 Å². The molecule has 1 aromatic carbocycles. The zero-order valence-corrected chi connectivity index (χ0v) is 9.80.